The molecular formula is C21H21FN2O2. The molecule has 1 aliphatic carbocycles. The molecule has 0 saturated heterocycles. The van der Waals surface area contributed by atoms with Gasteiger partial charge in [0.05, 0.1) is 17.9 Å². The largest absolute Gasteiger partial charge is 0.300 e. The first-order valence-electron chi connectivity index (χ1n) is 9.04. The molecule has 1 fully saturated rings. The zero-order valence-corrected chi connectivity index (χ0v) is 14.7. The molecule has 1 saturated carbocycles. The van der Waals surface area contributed by atoms with Gasteiger partial charge in [0, 0.05) is 12.6 Å². The van der Waals surface area contributed by atoms with Crippen molar-refractivity contribution in [2.24, 2.45) is 0 Å². The van der Waals surface area contributed by atoms with Crippen LogP contribution in [0.15, 0.2) is 42.5 Å². The van der Waals surface area contributed by atoms with E-state index >= 15 is 0 Å². The average Bonchev–Trinajstić information content (AvgIpc) is 3.47. The number of benzene rings is 2. The Labute approximate surface area is 152 Å². The quantitative estimate of drug-likeness (QED) is 0.747. The Morgan fingerprint density at radius 3 is 2.42 bits per heavy atom. The van der Waals surface area contributed by atoms with E-state index in [1.165, 1.54) is 12.1 Å². The molecule has 4 nitrogen and oxygen atoms in total. The van der Waals surface area contributed by atoms with E-state index < -0.39 is 11.7 Å². The minimum absolute atomic E-state index is 0.257. The zero-order chi connectivity index (χ0) is 18.3. The molecule has 0 N–H and O–H groups in total. The van der Waals surface area contributed by atoms with Crippen molar-refractivity contribution in [3.63, 3.8) is 0 Å². The highest BCUT2D eigenvalue weighted by Gasteiger charge is 2.39. The number of carbonyl (C=O) groups is 2. The van der Waals surface area contributed by atoms with E-state index in [0.717, 1.165) is 30.4 Å². The number of aryl methyl sites for hydroxylation is 1. The molecule has 26 heavy (non-hydrogen) atoms. The highest BCUT2D eigenvalue weighted by molar-refractivity contribution is 6.52. The molecule has 0 aromatic heterocycles. The number of rotatable bonds is 6. The Kier molecular flexibility index (Phi) is 4.32. The van der Waals surface area contributed by atoms with E-state index in [1.54, 1.807) is 17.0 Å². The summed E-state index contributed by atoms with van der Waals surface area (Å²) in [6.07, 6.45) is 2.99. The SMILES string of the molecule is CCc1ccc2c(c1)C(=O)C(=O)N2CN(Cc1ccc(F)cc1)C1CC1. The lowest BCUT2D eigenvalue weighted by molar-refractivity contribution is -0.114. The van der Waals surface area contributed by atoms with Gasteiger partial charge < -0.3 is 0 Å². The first kappa shape index (κ1) is 16.9. The molecule has 0 spiro atoms. The van der Waals surface area contributed by atoms with E-state index in [1.807, 2.05) is 25.1 Å². The second-order valence-electron chi connectivity index (χ2n) is 7.01. The summed E-state index contributed by atoms with van der Waals surface area (Å²) in [7, 11) is 0. The van der Waals surface area contributed by atoms with Gasteiger partial charge in [-0.1, -0.05) is 25.1 Å². The van der Waals surface area contributed by atoms with Crippen molar-refractivity contribution in [3.05, 3.63) is 65.0 Å². The summed E-state index contributed by atoms with van der Waals surface area (Å²) in [5.41, 5.74) is 3.25. The normalized spacial score (nSPS) is 16.5. The maximum Gasteiger partial charge on any atom is 0.300 e. The first-order valence-corrected chi connectivity index (χ1v) is 9.04. The lowest BCUT2D eigenvalue weighted by Crippen LogP contribution is -2.41. The van der Waals surface area contributed by atoms with E-state index in [0.29, 0.717) is 30.5 Å². The number of anilines is 1. The molecule has 4 rings (SSSR count). The fourth-order valence-corrected chi connectivity index (χ4v) is 3.45. The van der Waals surface area contributed by atoms with Gasteiger partial charge in [-0.15, -0.1) is 0 Å². The summed E-state index contributed by atoms with van der Waals surface area (Å²) in [6.45, 7) is 3.04. The third-order valence-electron chi connectivity index (χ3n) is 5.13. The number of ketones is 1. The Morgan fingerprint density at radius 2 is 1.77 bits per heavy atom. The summed E-state index contributed by atoms with van der Waals surface area (Å²) in [6, 6.07) is 12.5. The Bertz CT molecular complexity index is 859. The minimum Gasteiger partial charge on any atom is -0.291 e. The van der Waals surface area contributed by atoms with Crippen LogP contribution in [0.3, 0.4) is 0 Å². The van der Waals surface area contributed by atoms with Crippen LogP contribution in [0.25, 0.3) is 0 Å². The van der Waals surface area contributed by atoms with Gasteiger partial charge in [0.2, 0.25) is 0 Å². The number of amides is 1. The van der Waals surface area contributed by atoms with Gasteiger partial charge >= 0.3 is 5.91 Å². The van der Waals surface area contributed by atoms with Crippen LogP contribution >= 0.6 is 0 Å². The molecule has 2 aromatic rings. The Morgan fingerprint density at radius 1 is 1.08 bits per heavy atom. The number of carbonyl (C=O) groups excluding carboxylic acids is 2. The van der Waals surface area contributed by atoms with Gasteiger partial charge in [-0.3, -0.25) is 19.4 Å². The van der Waals surface area contributed by atoms with E-state index in [2.05, 4.69) is 4.90 Å². The van der Waals surface area contributed by atoms with Crippen molar-refractivity contribution in [2.45, 2.75) is 38.8 Å². The second kappa shape index (κ2) is 6.65. The minimum atomic E-state index is -0.460. The number of hydrogen-bond donors (Lipinski definition) is 0. The highest BCUT2D eigenvalue weighted by atomic mass is 19.1. The molecule has 0 unspecified atom stereocenters. The Balaban J connectivity index is 1.57. The average molecular weight is 352 g/mol. The van der Waals surface area contributed by atoms with Gasteiger partial charge in [0.25, 0.3) is 5.78 Å². The maximum absolute atomic E-state index is 13.1. The lowest BCUT2D eigenvalue weighted by atomic mass is 10.1. The van der Waals surface area contributed by atoms with Gasteiger partial charge in [0.15, 0.2) is 0 Å². The van der Waals surface area contributed by atoms with Crippen LogP contribution in [-0.4, -0.2) is 29.3 Å². The molecule has 2 aliphatic rings. The highest BCUT2D eigenvalue weighted by Crippen LogP contribution is 2.33. The molecule has 0 radical (unpaired) electrons. The molecule has 1 aliphatic heterocycles. The second-order valence-corrected chi connectivity index (χ2v) is 7.01. The summed E-state index contributed by atoms with van der Waals surface area (Å²) in [5.74, 6) is -1.14. The van der Waals surface area contributed by atoms with E-state index in [4.69, 9.17) is 0 Å². The molecule has 1 heterocycles. The smallest absolute Gasteiger partial charge is 0.291 e. The number of halogens is 1. The lowest BCUT2D eigenvalue weighted by Gasteiger charge is -2.28. The first-order chi connectivity index (χ1) is 12.6. The van der Waals surface area contributed by atoms with Crippen molar-refractivity contribution in [1.82, 2.24) is 4.90 Å². The zero-order valence-electron chi connectivity index (χ0n) is 14.7. The number of Topliss-reactive ketones (excluding diaryl/α,β-unsaturated/α-hetero) is 1. The van der Waals surface area contributed by atoms with Gasteiger partial charge in [-0.05, 0) is 54.7 Å². The summed E-state index contributed by atoms with van der Waals surface area (Å²) in [4.78, 5) is 28.7. The van der Waals surface area contributed by atoms with Gasteiger partial charge in [-0.25, -0.2) is 4.39 Å². The molecule has 2 aromatic carbocycles. The summed E-state index contributed by atoms with van der Waals surface area (Å²) in [5, 5.41) is 0. The Hall–Kier alpha value is -2.53. The molecule has 1 amide bonds. The van der Waals surface area contributed by atoms with Crippen LogP contribution in [0.5, 0.6) is 0 Å². The predicted molar refractivity (Wildman–Crippen MR) is 97.5 cm³/mol. The fourth-order valence-electron chi connectivity index (χ4n) is 3.45. The van der Waals surface area contributed by atoms with Crippen LogP contribution in [0.2, 0.25) is 0 Å². The van der Waals surface area contributed by atoms with Crippen LogP contribution in [-0.2, 0) is 17.8 Å². The molecular weight excluding hydrogens is 331 g/mol. The van der Waals surface area contributed by atoms with Crippen LogP contribution in [0.4, 0.5) is 10.1 Å². The monoisotopic (exact) mass is 352 g/mol. The van der Waals surface area contributed by atoms with Crippen molar-refractivity contribution < 1.29 is 14.0 Å². The van der Waals surface area contributed by atoms with Crippen LogP contribution < -0.4 is 4.90 Å². The van der Waals surface area contributed by atoms with Crippen molar-refractivity contribution in [3.8, 4) is 0 Å². The van der Waals surface area contributed by atoms with Crippen LogP contribution in [0, 0.1) is 5.82 Å². The van der Waals surface area contributed by atoms with E-state index in [-0.39, 0.29) is 5.82 Å². The third kappa shape index (κ3) is 3.15. The number of nitrogens with zero attached hydrogens (tertiary/aromatic N) is 2. The topological polar surface area (TPSA) is 40.6 Å². The van der Waals surface area contributed by atoms with Crippen molar-refractivity contribution in [1.29, 1.82) is 0 Å². The standard InChI is InChI=1S/C21H21FN2O2/c1-2-14-5-10-19-18(11-14)20(25)21(26)24(19)13-23(17-8-9-17)12-15-3-6-16(22)7-4-15/h3-7,10-11,17H,2,8-9,12-13H2,1H3. The summed E-state index contributed by atoms with van der Waals surface area (Å²) >= 11 is 0. The van der Waals surface area contributed by atoms with Gasteiger partial charge in [0.1, 0.15) is 5.82 Å². The summed E-state index contributed by atoms with van der Waals surface area (Å²) < 4.78 is 13.1. The number of hydrogen-bond acceptors (Lipinski definition) is 3. The maximum atomic E-state index is 13.1. The predicted octanol–water partition coefficient (Wildman–Crippen LogP) is 3.54. The molecule has 0 atom stereocenters. The van der Waals surface area contributed by atoms with Crippen molar-refractivity contribution >= 4 is 17.4 Å². The van der Waals surface area contributed by atoms with E-state index in [9.17, 15) is 14.0 Å². The fraction of sp³-hybridized carbons (Fsp3) is 0.333. The molecule has 134 valence electrons. The number of fused-ring (bicyclic) bond motifs is 1. The molecule has 0 bridgehead atoms. The third-order valence-corrected chi connectivity index (χ3v) is 5.13. The van der Waals surface area contributed by atoms with Crippen LogP contribution in [0.1, 0.15) is 41.3 Å². The molecule has 5 heteroatoms. The van der Waals surface area contributed by atoms with Gasteiger partial charge in [-0.2, -0.15) is 0 Å². The van der Waals surface area contributed by atoms with Crippen molar-refractivity contribution in [2.75, 3.05) is 11.6 Å².